The van der Waals surface area contributed by atoms with E-state index in [9.17, 15) is 9.59 Å². The normalized spacial score (nSPS) is 16.6. The number of ether oxygens (including phenoxy) is 1. The molecule has 0 aromatic heterocycles. The van der Waals surface area contributed by atoms with Gasteiger partial charge < -0.3 is 15.0 Å². The summed E-state index contributed by atoms with van der Waals surface area (Å²) in [6.07, 6.45) is 0. The summed E-state index contributed by atoms with van der Waals surface area (Å²) in [7, 11) is 0. The number of amides is 2. The minimum Gasteiger partial charge on any atom is -0.378 e. The van der Waals surface area contributed by atoms with Crippen LogP contribution in [0.3, 0.4) is 0 Å². The molecule has 1 aromatic rings. The van der Waals surface area contributed by atoms with E-state index in [1.807, 2.05) is 0 Å². The van der Waals surface area contributed by atoms with E-state index in [4.69, 9.17) is 16.3 Å². The van der Waals surface area contributed by atoms with Gasteiger partial charge in [-0.1, -0.05) is 17.7 Å². The van der Waals surface area contributed by atoms with Crippen molar-refractivity contribution < 1.29 is 14.3 Å². The van der Waals surface area contributed by atoms with Gasteiger partial charge in [0.2, 0.25) is 5.91 Å². The highest BCUT2D eigenvalue weighted by atomic mass is 35.5. The van der Waals surface area contributed by atoms with Crippen LogP contribution in [0.2, 0.25) is 5.02 Å². The van der Waals surface area contributed by atoms with Crippen molar-refractivity contribution in [2.75, 3.05) is 26.3 Å². The summed E-state index contributed by atoms with van der Waals surface area (Å²) >= 11 is 5.84. The lowest BCUT2D eigenvalue weighted by molar-refractivity contribution is -0.136. The Morgan fingerprint density at radius 1 is 1.35 bits per heavy atom. The first kappa shape index (κ1) is 14.8. The molecule has 0 unspecified atom stereocenters. The Morgan fingerprint density at radius 3 is 2.70 bits per heavy atom. The zero-order chi connectivity index (χ0) is 14.5. The minimum absolute atomic E-state index is 0.0938. The molecule has 1 atom stereocenters. The summed E-state index contributed by atoms with van der Waals surface area (Å²) in [6, 6.07) is 6.06. The third-order valence-corrected chi connectivity index (χ3v) is 3.36. The van der Waals surface area contributed by atoms with Crippen molar-refractivity contribution in [1.29, 1.82) is 0 Å². The number of carbonyl (C=O) groups is 2. The maximum atomic E-state index is 12.2. The van der Waals surface area contributed by atoms with Crippen LogP contribution in [-0.4, -0.2) is 49.1 Å². The Hall–Kier alpha value is -1.59. The van der Waals surface area contributed by atoms with Gasteiger partial charge in [-0.15, -0.1) is 0 Å². The van der Waals surface area contributed by atoms with Crippen LogP contribution in [0.5, 0.6) is 0 Å². The van der Waals surface area contributed by atoms with Crippen molar-refractivity contribution in [2.24, 2.45) is 0 Å². The van der Waals surface area contributed by atoms with Crippen LogP contribution < -0.4 is 5.32 Å². The van der Waals surface area contributed by atoms with Crippen LogP contribution in [0.25, 0.3) is 0 Å². The Kier molecular flexibility index (Phi) is 4.98. The smallest absolute Gasteiger partial charge is 0.251 e. The highest BCUT2D eigenvalue weighted by molar-refractivity contribution is 6.31. The van der Waals surface area contributed by atoms with Gasteiger partial charge in [0.05, 0.1) is 13.2 Å². The molecule has 1 saturated heterocycles. The number of halogens is 1. The van der Waals surface area contributed by atoms with E-state index in [0.29, 0.717) is 36.9 Å². The number of nitrogens with one attached hydrogen (secondary N) is 1. The fraction of sp³-hybridized carbons (Fsp3) is 0.429. The Balaban J connectivity index is 1.94. The highest BCUT2D eigenvalue weighted by Gasteiger charge is 2.23. The quantitative estimate of drug-likeness (QED) is 0.915. The van der Waals surface area contributed by atoms with Crippen molar-refractivity contribution in [1.82, 2.24) is 10.2 Å². The van der Waals surface area contributed by atoms with Crippen molar-refractivity contribution >= 4 is 23.4 Å². The van der Waals surface area contributed by atoms with Crippen LogP contribution >= 0.6 is 11.6 Å². The predicted molar refractivity (Wildman–Crippen MR) is 75.8 cm³/mol. The van der Waals surface area contributed by atoms with Gasteiger partial charge in [0.15, 0.2) is 0 Å². The molecule has 0 saturated carbocycles. The molecule has 0 radical (unpaired) electrons. The molecule has 1 aliphatic rings. The van der Waals surface area contributed by atoms with Gasteiger partial charge in [0, 0.05) is 23.7 Å². The van der Waals surface area contributed by atoms with Crippen molar-refractivity contribution in [3.05, 3.63) is 34.9 Å². The first-order valence-corrected chi connectivity index (χ1v) is 6.88. The fourth-order valence-corrected chi connectivity index (χ4v) is 2.22. The van der Waals surface area contributed by atoms with Gasteiger partial charge >= 0.3 is 0 Å². The molecular weight excluding hydrogens is 280 g/mol. The molecule has 108 valence electrons. The molecule has 2 rings (SSSR count). The number of benzene rings is 1. The van der Waals surface area contributed by atoms with E-state index >= 15 is 0 Å². The molecule has 2 amide bonds. The largest absolute Gasteiger partial charge is 0.378 e. The van der Waals surface area contributed by atoms with Gasteiger partial charge in [-0.3, -0.25) is 9.59 Å². The lowest BCUT2D eigenvalue weighted by Crippen LogP contribution is -2.50. The molecule has 20 heavy (non-hydrogen) atoms. The molecule has 0 spiro atoms. The van der Waals surface area contributed by atoms with Gasteiger partial charge in [-0.2, -0.15) is 0 Å². The summed E-state index contributed by atoms with van der Waals surface area (Å²) in [5, 5.41) is 3.18. The lowest BCUT2D eigenvalue weighted by atomic mass is 10.2. The van der Waals surface area contributed by atoms with Crippen LogP contribution in [0.1, 0.15) is 17.3 Å². The van der Waals surface area contributed by atoms with Crippen molar-refractivity contribution in [3.63, 3.8) is 0 Å². The standard InChI is InChI=1S/C14H17ClN2O3/c1-10(14(19)17-5-7-20-8-6-17)16-13(18)11-3-2-4-12(15)9-11/h2-4,9-10H,5-8H2,1H3,(H,16,18)/t10-/m0/s1. The summed E-state index contributed by atoms with van der Waals surface area (Å²) in [4.78, 5) is 25.9. The molecular formula is C14H17ClN2O3. The number of carbonyl (C=O) groups excluding carboxylic acids is 2. The number of rotatable bonds is 3. The molecule has 0 bridgehead atoms. The van der Waals surface area contributed by atoms with Gasteiger partial charge in [-0.25, -0.2) is 0 Å². The topological polar surface area (TPSA) is 58.6 Å². The monoisotopic (exact) mass is 296 g/mol. The van der Waals surface area contributed by atoms with Gasteiger partial charge in [-0.05, 0) is 25.1 Å². The Morgan fingerprint density at radius 2 is 2.05 bits per heavy atom. The average molecular weight is 297 g/mol. The highest BCUT2D eigenvalue weighted by Crippen LogP contribution is 2.11. The van der Waals surface area contributed by atoms with Crippen molar-refractivity contribution in [3.8, 4) is 0 Å². The fourth-order valence-electron chi connectivity index (χ4n) is 2.03. The number of hydrogen-bond acceptors (Lipinski definition) is 3. The molecule has 1 aromatic carbocycles. The van der Waals surface area contributed by atoms with Gasteiger partial charge in [0.1, 0.15) is 6.04 Å². The zero-order valence-corrected chi connectivity index (χ0v) is 12.0. The van der Waals surface area contributed by atoms with Crippen LogP contribution in [0.15, 0.2) is 24.3 Å². The van der Waals surface area contributed by atoms with Crippen LogP contribution in [-0.2, 0) is 9.53 Å². The predicted octanol–water partition coefficient (Wildman–Crippen LogP) is 1.32. The summed E-state index contributed by atoms with van der Waals surface area (Å²) < 4.78 is 5.20. The summed E-state index contributed by atoms with van der Waals surface area (Å²) in [5.74, 6) is -0.398. The maximum absolute atomic E-state index is 12.2. The lowest BCUT2D eigenvalue weighted by Gasteiger charge is -2.29. The first-order valence-electron chi connectivity index (χ1n) is 6.51. The molecule has 5 nitrogen and oxygen atoms in total. The first-order chi connectivity index (χ1) is 9.58. The Labute approximate surface area is 122 Å². The second-order valence-corrected chi connectivity index (χ2v) is 5.08. The van der Waals surface area contributed by atoms with Crippen LogP contribution in [0, 0.1) is 0 Å². The summed E-state index contributed by atoms with van der Waals surface area (Å²) in [6.45, 7) is 3.90. The van der Waals surface area contributed by atoms with E-state index in [2.05, 4.69) is 5.32 Å². The molecule has 1 fully saturated rings. The zero-order valence-electron chi connectivity index (χ0n) is 11.3. The van der Waals surface area contributed by atoms with Gasteiger partial charge in [0.25, 0.3) is 5.91 Å². The molecule has 6 heteroatoms. The average Bonchev–Trinajstić information content (AvgIpc) is 2.47. The SMILES string of the molecule is C[C@H](NC(=O)c1cccc(Cl)c1)C(=O)N1CCOCC1. The number of nitrogens with zero attached hydrogens (tertiary/aromatic N) is 1. The number of morpholine rings is 1. The second-order valence-electron chi connectivity index (χ2n) is 4.64. The van der Waals surface area contributed by atoms with E-state index in [1.165, 1.54) is 0 Å². The molecule has 1 aliphatic heterocycles. The minimum atomic E-state index is -0.570. The second kappa shape index (κ2) is 6.72. The Bertz CT molecular complexity index is 501. The molecule has 0 aliphatic carbocycles. The third kappa shape index (κ3) is 3.71. The van der Waals surface area contributed by atoms with E-state index in [1.54, 1.807) is 36.1 Å². The van der Waals surface area contributed by atoms with E-state index in [0.717, 1.165) is 0 Å². The van der Waals surface area contributed by atoms with Crippen LogP contribution in [0.4, 0.5) is 0 Å². The van der Waals surface area contributed by atoms with Crippen molar-refractivity contribution in [2.45, 2.75) is 13.0 Å². The molecule has 1 heterocycles. The van der Waals surface area contributed by atoms with E-state index < -0.39 is 6.04 Å². The number of hydrogen-bond donors (Lipinski definition) is 1. The van der Waals surface area contributed by atoms with E-state index in [-0.39, 0.29) is 11.8 Å². The summed E-state index contributed by atoms with van der Waals surface area (Å²) in [5.41, 5.74) is 0.444. The third-order valence-electron chi connectivity index (χ3n) is 3.13. The molecule has 1 N–H and O–H groups in total. The maximum Gasteiger partial charge on any atom is 0.251 e.